The van der Waals surface area contributed by atoms with E-state index in [0.29, 0.717) is 5.41 Å². The molecule has 0 aromatic rings. The maximum absolute atomic E-state index is 10.6. The first-order valence-corrected chi connectivity index (χ1v) is 6.94. The Morgan fingerprint density at radius 1 is 1.12 bits per heavy atom. The van der Waals surface area contributed by atoms with Crippen molar-refractivity contribution in [2.75, 3.05) is 0 Å². The van der Waals surface area contributed by atoms with E-state index in [1.807, 2.05) is 0 Å². The number of aliphatic hydroxyl groups excluding tert-OH is 1. The second kappa shape index (κ2) is 3.98. The van der Waals surface area contributed by atoms with Crippen LogP contribution in [0.1, 0.15) is 51.4 Å². The van der Waals surface area contributed by atoms with E-state index in [9.17, 15) is 9.90 Å². The van der Waals surface area contributed by atoms with Crippen molar-refractivity contribution >= 4 is 5.97 Å². The number of carboxylic acid groups (broad SMARTS) is 1. The fourth-order valence-electron chi connectivity index (χ4n) is 5.31. The predicted octanol–water partition coefficient (Wildman–Crippen LogP) is 2.43. The summed E-state index contributed by atoms with van der Waals surface area (Å²) in [6, 6.07) is 0. The van der Waals surface area contributed by atoms with Crippen molar-refractivity contribution < 1.29 is 15.0 Å². The van der Waals surface area contributed by atoms with Crippen LogP contribution in [-0.4, -0.2) is 22.3 Å². The van der Waals surface area contributed by atoms with Crippen molar-refractivity contribution in [1.29, 1.82) is 0 Å². The van der Waals surface area contributed by atoms with Gasteiger partial charge >= 0.3 is 5.97 Å². The zero-order valence-corrected chi connectivity index (χ0v) is 10.3. The second-order valence-corrected chi connectivity index (χ2v) is 6.87. The van der Waals surface area contributed by atoms with E-state index in [0.717, 1.165) is 24.2 Å². The number of carboxylic acids is 1. The molecule has 4 aliphatic rings. The molecule has 0 aliphatic heterocycles. The molecule has 0 unspecified atom stereocenters. The van der Waals surface area contributed by atoms with Gasteiger partial charge in [-0.2, -0.15) is 0 Å². The molecule has 96 valence electrons. The molecule has 3 heteroatoms. The van der Waals surface area contributed by atoms with Crippen molar-refractivity contribution in [2.45, 2.75) is 57.5 Å². The molecule has 0 amide bonds. The lowest BCUT2D eigenvalue weighted by Crippen LogP contribution is -2.47. The van der Waals surface area contributed by atoms with Gasteiger partial charge in [0.05, 0.1) is 12.5 Å². The zero-order valence-electron chi connectivity index (χ0n) is 10.3. The standard InChI is InChI=1S/C14H22O3/c15-12(4-13(16)17)8-14-5-9-1-10(6-14)3-11(2-9)7-14/h9-12,15H,1-8H2,(H,16,17)/t9?,10?,11?,12-,14?/m0/s1. The van der Waals surface area contributed by atoms with Crippen molar-refractivity contribution in [1.82, 2.24) is 0 Å². The van der Waals surface area contributed by atoms with Crippen LogP contribution in [0.4, 0.5) is 0 Å². The topological polar surface area (TPSA) is 57.5 Å². The summed E-state index contributed by atoms with van der Waals surface area (Å²) in [6.07, 6.45) is 7.94. The molecule has 4 rings (SSSR count). The number of aliphatic hydroxyl groups is 1. The maximum atomic E-state index is 10.6. The molecule has 0 spiro atoms. The monoisotopic (exact) mass is 238 g/mol. The molecule has 0 heterocycles. The van der Waals surface area contributed by atoms with Gasteiger partial charge in [0.2, 0.25) is 0 Å². The molecule has 4 bridgehead atoms. The minimum atomic E-state index is -0.873. The van der Waals surface area contributed by atoms with Crippen LogP contribution >= 0.6 is 0 Å². The predicted molar refractivity (Wildman–Crippen MR) is 63.5 cm³/mol. The molecule has 4 fully saturated rings. The SMILES string of the molecule is O=C(O)C[C@H](O)CC12CC3CC(CC(C3)C1)C2. The molecule has 4 aliphatic carbocycles. The Morgan fingerprint density at radius 2 is 1.59 bits per heavy atom. The largest absolute Gasteiger partial charge is 0.481 e. The van der Waals surface area contributed by atoms with E-state index in [1.54, 1.807) is 0 Å². The lowest BCUT2D eigenvalue weighted by molar-refractivity contribution is -0.140. The highest BCUT2D eigenvalue weighted by Gasteiger charge is 2.51. The van der Waals surface area contributed by atoms with Crippen molar-refractivity contribution in [3.05, 3.63) is 0 Å². The lowest BCUT2D eigenvalue weighted by atomic mass is 9.48. The molecule has 0 aromatic heterocycles. The molecule has 3 nitrogen and oxygen atoms in total. The van der Waals surface area contributed by atoms with Gasteiger partial charge in [-0.1, -0.05) is 0 Å². The lowest BCUT2D eigenvalue weighted by Gasteiger charge is -2.57. The van der Waals surface area contributed by atoms with Gasteiger partial charge < -0.3 is 10.2 Å². The van der Waals surface area contributed by atoms with Crippen molar-refractivity contribution in [2.24, 2.45) is 23.2 Å². The first-order chi connectivity index (χ1) is 8.05. The van der Waals surface area contributed by atoms with E-state index >= 15 is 0 Å². The van der Waals surface area contributed by atoms with E-state index in [1.165, 1.54) is 38.5 Å². The van der Waals surface area contributed by atoms with Crippen LogP contribution < -0.4 is 0 Å². The van der Waals surface area contributed by atoms with Gasteiger partial charge in [0, 0.05) is 0 Å². The molecular formula is C14H22O3. The number of rotatable bonds is 4. The molecule has 17 heavy (non-hydrogen) atoms. The molecule has 0 aromatic carbocycles. The summed E-state index contributed by atoms with van der Waals surface area (Å²) < 4.78 is 0. The molecule has 1 atom stereocenters. The maximum Gasteiger partial charge on any atom is 0.305 e. The van der Waals surface area contributed by atoms with Crippen molar-refractivity contribution in [3.8, 4) is 0 Å². The van der Waals surface area contributed by atoms with Gasteiger partial charge in [0.1, 0.15) is 0 Å². The van der Waals surface area contributed by atoms with Crippen LogP contribution in [-0.2, 0) is 4.79 Å². The summed E-state index contributed by atoms with van der Waals surface area (Å²) in [5.41, 5.74) is 0.295. The molecular weight excluding hydrogens is 216 g/mol. The van der Waals surface area contributed by atoms with Gasteiger partial charge in [-0.25, -0.2) is 0 Å². The van der Waals surface area contributed by atoms with Gasteiger partial charge in [0.15, 0.2) is 0 Å². The Hall–Kier alpha value is -0.570. The first kappa shape index (κ1) is 11.5. The van der Waals surface area contributed by atoms with Crippen molar-refractivity contribution in [3.63, 3.8) is 0 Å². The van der Waals surface area contributed by atoms with Crippen LogP contribution in [0.3, 0.4) is 0 Å². The summed E-state index contributed by atoms with van der Waals surface area (Å²) in [4.78, 5) is 10.6. The molecule has 0 saturated heterocycles. The van der Waals surface area contributed by atoms with Crippen LogP contribution in [0, 0.1) is 23.2 Å². The van der Waals surface area contributed by atoms with Gasteiger partial charge in [-0.05, 0) is 68.1 Å². The Balaban J connectivity index is 1.67. The summed E-state index contributed by atoms with van der Waals surface area (Å²) in [7, 11) is 0. The quantitative estimate of drug-likeness (QED) is 0.791. The van der Waals surface area contributed by atoms with Crippen LogP contribution in [0.25, 0.3) is 0 Å². The highest BCUT2D eigenvalue weighted by atomic mass is 16.4. The van der Waals surface area contributed by atoms with Gasteiger partial charge in [-0.15, -0.1) is 0 Å². The smallest absolute Gasteiger partial charge is 0.305 e. The van der Waals surface area contributed by atoms with Crippen LogP contribution in [0.5, 0.6) is 0 Å². The van der Waals surface area contributed by atoms with Gasteiger partial charge in [0.25, 0.3) is 0 Å². The highest BCUT2D eigenvalue weighted by molar-refractivity contribution is 5.67. The molecule has 2 N–H and O–H groups in total. The fourth-order valence-corrected chi connectivity index (χ4v) is 5.31. The summed E-state index contributed by atoms with van der Waals surface area (Å²) in [6.45, 7) is 0. The number of aliphatic carboxylic acids is 1. The summed E-state index contributed by atoms with van der Waals surface area (Å²) >= 11 is 0. The summed E-state index contributed by atoms with van der Waals surface area (Å²) in [5.74, 6) is 1.75. The van der Waals surface area contributed by atoms with E-state index in [4.69, 9.17) is 5.11 Å². The normalized spacial score (nSPS) is 44.9. The Bertz CT molecular complexity index is 288. The van der Waals surface area contributed by atoms with E-state index in [-0.39, 0.29) is 6.42 Å². The minimum absolute atomic E-state index is 0.0816. The van der Waals surface area contributed by atoms with Gasteiger partial charge in [-0.3, -0.25) is 4.79 Å². The number of hydrogen-bond acceptors (Lipinski definition) is 2. The second-order valence-electron chi connectivity index (χ2n) is 6.87. The summed E-state index contributed by atoms with van der Waals surface area (Å²) in [5, 5.41) is 18.6. The third-order valence-corrected chi connectivity index (χ3v) is 5.24. The Morgan fingerprint density at radius 3 is 2.00 bits per heavy atom. The molecule has 0 radical (unpaired) electrons. The Kier molecular flexibility index (Phi) is 2.69. The Labute approximate surface area is 102 Å². The average molecular weight is 238 g/mol. The number of hydrogen-bond donors (Lipinski definition) is 2. The highest BCUT2D eigenvalue weighted by Crippen LogP contribution is 2.61. The number of carbonyl (C=O) groups is 1. The van der Waals surface area contributed by atoms with Crippen LogP contribution in [0.15, 0.2) is 0 Å². The van der Waals surface area contributed by atoms with Crippen LogP contribution in [0.2, 0.25) is 0 Å². The zero-order chi connectivity index (χ0) is 12.0. The van der Waals surface area contributed by atoms with E-state index in [2.05, 4.69) is 0 Å². The third kappa shape index (κ3) is 2.22. The first-order valence-electron chi connectivity index (χ1n) is 6.94. The minimum Gasteiger partial charge on any atom is -0.481 e. The average Bonchev–Trinajstić information content (AvgIpc) is 2.11. The third-order valence-electron chi connectivity index (χ3n) is 5.24. The fraction of sp³-hybridized carbons (Fsp3) is 0.929. The van der Waals surface area contributed by atoms with E-state index < -0.39 is 12.1 Å². The molecule has 4 saturated carbocycles.